The van der Waals surface area contributed by atoms with Gasteiger partial charge in [0.1, 0.15) is 6.07 Å². The molecule has 0 radical (unpaired) electrons. The van der Waals surface area contributed by atoms with Gasteiger partial charge in [0, 0.05) is 36.7 Å². The van der Waals surface area contributed by atoms with E-state index in [9.17, 15) is 10.1 Å². The van der Waals surface area contributed by atoms with E-state index in [0.717, 1.165) is 30.5 Å². The van der Waals surface area contributed by atoms with Gasteiger partial charge in [0.05, 0.1) is 27.5 Å². The second kappa shape index (κ2) is 7.96. The molecule has 9 heteroatoms. The molecule has 29 heavy (non-hydrogen) atoms. The number of aromatic nitrogens is 2. The number of hydrogen-bond acceptors (Lipinski definition) is 5. The molecule has 1 saturated carbocycles. The molecule has 1 saturated heterocycles. The first-order valence-corrected chi connectivity index (χ1v) is 10.4. The highest BCUT2D eigenvalue weighted by Crippen LogP contribution is 2.45. The maximum atomic E-state index is 12.3. The lowest BCUT2D eigenvalue weighted by Crippen LogP contribution is -2.62. The van der Waals surface area contributed by atoms with E-state index in [-0.39, 0.29) is 34.7 Å². The minimum absolute atomic E-state index is 0.0270. The van der Waals surface area contributed by atoms with E-state index < -0.39 is 0 Å². The third kappa shape index (κ3) is 3.40. The molecule has 2 heterocycles. The summed E-state index contributed by atoms with van der Waals surface area (Å²) in [7, 11) is 1.85. The van der Waals surface area contributed by atoms with Gasteiger partial charge < -0.3 is 5.73 Å². The van der Waals surface area contributed by atoms with Crippen LogP contribution in [0.5, 0.6) is 0 Å². The maximum absolute atomic E-state index is 12.3. The number of halogens is 2. The van der Waals surface area contributed by atoms with Gasteiger partial charge in [-0.25, -0.2) is 5.43 Å². The van der Waals surface area contributed by atoms with Crippen molar-refractivity contribution in [1.29, 1.82) is 5.26 Å². The standard InChI is InChI=1S/C20H22Cl2N6O/c1-28-19(11-4-5-16(21)18(22)14(11)7-23)15(9-25-28)10-2-3-12-13(6-10)17(8-24)26-27-20(12)29/h4-5,9-10,12-13,17,26H,2-3,6,8,24H2,1H3,(H,27,29). The van der Waals surface area contributed by atoms with E-state index in [1.54, 1.807) is 10.7 Å². The first-order chi connectivity index (χ1) is 14.0. The average molecular weight is 433 g/mol. The normalized spacial score (nSPS) is 26.5. The Morgan fingerprint density at radius 1 is 1.38 bits per heavy atom. The number of nitrogens with one attached hydrogen (secondary N) is 2. The Morgan fingerprint density at radius 3 is 2.90 bits per heavy atom. The van der Waals surface area contributed by atoms with Crippen LogP contribution in [0.1, 0.15) is 36.3 Å². The number of aryl methyl sites for hydroxylation is 1. The molecule has 0 spiro atoms. The Labute approximate surface area is 179 Å². The van der Waals surface area contributed by atoms with Gasteiger partial charge in [-0.3, -0.25) is 14.9 Å². The third-order valence-electron chi connectivity index (χ3n) is 6.26. The molecule has 2 aromatic rings. The lowest BCUT2D eigenvalue weighted by molar-refractivity contribution is -0.133. The summed E-state index contributed by atoms with van der Waals surface area (Å²) in [6.07, 6.45) is 4.35. The van der Waals surface area contributed by atoms with Crippen LogP contribution < -0.4 is 16.6 Å². The quantitative estimate of drug-likeness (QED) is 0.690. The lowest BCUT2D eigenvalue weighted by Gasteiger charge is -2.43. The van der Waals surface area contributed by atoms with E-state index in [4.69, 9.17) is 28.9 Å². The molecule has 4 rings (SSSR count). The van der Waals surface area contributed by atoms with Gasteiger partial charge in [-0.2, -0.15) is 10.4 Å². The molecule has 1 aliphatic carbocycles. The summed E-state index contributed by atoms with van der Waals surface area (Å²) in [6.45, 7) is 0.458. The number of fused-ring (bicyclic) bond motifs is 1. The van der Waals surface area contributed by atoms with Crippen molar-refractivity contribution in [2.45, 2.75) is 31.2 Å². The van der Waals surface area contributed by atoms with Crippen molar-refractivity contribution in [2.75, 3.05) is 6.54 Å². The number of nitriles is 1. The van der Waals surface area contributed by atoms with Crippen molar-refractivity contribution in [2.24, 2.45) is 24.6 Å². The Balaban J connectivity index is 1.73. The maximum Gasteiger partial charge on any atom is 0.237 e. The smallest absolute Gasteiger partial charge is 0.237 e. The summed E-state index contributed by atoms with van der Waals surface area (Å²) in [5, 5.41) is 14.7. The average Bonchev–Trinajstić information content (AvgIpc) is 3.11. The summed E-state index contributed by atoms with van der Waals surface area (Å²) in [6, 6.07) is 5.74. The monoisotopic (exact) mass is 432 g/mol. The van der Waals surface area contributed by atoms with Crippen molar-refractivity contribution < 1.29 is 4.79 Å². The number of nitrogens with two attached hydrogens (primary N) is 1. The van der Waals surface area contributed by atoms with E-state index in [2.05, 4.69) is 22.0 Å². The van der Waals surface area contributed by atoms with Crippen molar-refractivity contribution in [1.82, 2.24) is 20.6 Å². The number of nitrogens with zero attached hydrogens (tertiary/aromatic N) is 3. The Bertz CT molecular complexity index is 998. The molecule has 4 atom stereocenters. The molecule has 4 unspecified atom stereocenters. The largest absolute Gasteiger partial charge is 0.329 e. The first-order valence-electron chi connectivity index (χ1n) is 9.62. The number of carbonyl (C=O) groups excluding carboxylic acids is 1. The topological polar surface area (TPSA) is 109 Å². The molecular formula is C20H22Cl2N6O. The van der Waals surface area contributed by atoms with Gasteiger partial charge >= 0.3 is 0 Å². The fourth-order valence-corrected chi connectivity index (χ4v) is 5.16. The third-order valence-corrected chi connectivity index (χ3v) is 7.06. The first kappa shape index (κ1) is 20.2. The Kier molecular flexibility index (Phi) is 5.54. The van der Waals surface area contributed by atoms with Gasteiger partial charge in [-0.1, -0.05) is 23.2 Å². The molecule has 2 fully saturated rings. The van der Waals surface area contributed by atoms with E-state index in [1.807, 2.05) is 19.3 Å². The molecule has 4 N–H and O–H groups in total. The molecule has 1 aromatic heterocycles. The van der Waals surface area contributed by atoms with E-state index in [0.29, 0.717) is 22.7 Å². The number of benzene rings is 1. The summed E-state index contributed by atoms with van der Waals surface area (Å²) in [4.78, 5) is 12.3. The van der Waals surface area contributed by atoms with Crippen LogP contribution in [-0.2, 0) is 11.8 Å². The zero-order chi connectivity index (χ0) is 20.7. The van der Waals surface area contributed by atoms with Crippen LogP contribution >= 0.6 is 23.2 Å². The van der Waals surface area contributed by atoms with Crippen LogP contribution in [-0.4, -0.2) is 28.3 Å². The zero-order valence-corrected chi connectivity index (χ0v) is 17.5. The summed E-state index contributed by atoms with van der Waals surface area (Å²) >= 11 is 12.4. The highest BCUT2D eigenvalue weighted by molar-refractivity contribution is 6.43. The van der Waals surface area contributed by atoms with Crippen molar-refractivity contribution in [3.05, 3.63) is 39.5 Å². The fraction of sp³-hybridized carbons (Fsp3) is 0.450. The Hall–Kier alpha value is -2.11. The number of rotatable bonds is 3. The highest BCUT2D eigenvalue weighted by Gasteiger charge is 2.43. The highest BCUT2D eigenvalue weighted by atomic mass is 35.5. The molecule has 1 aliphatic heterocycles. The van der Waals surface area contributed by atoms with Gasteiger partial charge in [0.2, 0.25) is 5.91 Å². The molecule has 152 valence electrons. The van der Waals surface area contributed by atoms with Crippen LogP contribution in [0.25, 0.3) is 11.3 Å². The summed E-state index contributed by atoms with van der Waals surface area (Å²) in [5.41, 5.74) is 14.7. The van der Waals surface area contributed by atoms with Gasteiger partial charge in [-0.15, -0.1) is 0 Å². The van der Waals surface area contributed by atoms with Crippen LogP contribution in [0, 0.1) is 23.2 Å². The minimum atomic E-state index is -0.0270. The Morgan fingerprint density at radius 2 is 2.17 bits per heavy atom. The van der Waals surface area contributed by atoms with Crippen molar-refractivity contribution in [3.63, 3.8) is 0 Å². The van der Waals surface area contributed by atoms with Gasteiger partial charge in [0.15, 0.2) is 0 Å². The minimum Gasteiger partial charge on any atom is -0.329 e. The molecule has 2 aliphatic rings. The predicted molar refractivity (Wildman–Crippen MR) is 111 cm³/mol. The van der Waals surface area contributed by atoms with Crippen LogP contribution in [0.4, 0.5) is 0 Å². The number of amides is 1. The van der Waals surface area contributed by atoms with E-state index in [1.165, 1.54) is 0 Å². The number of carbonyl (C=O) groups is 1. The molecule has 7 nitrogen and oxygen atoms in total. The lowest BCUT2D eigenvalue weighted by atomic mass is 9.68. The SMILES string of the molecule is Cn1ncc(C2CCC3C(=O)NNC(CN)C3C2)c1-c1ccc(Cl)c(Cl)c1C#N. The van der Waals surface area contributed by atoms with Crippen LogP contribution in [0.2, 0.25) is 10.0 Å². The number of hydrazine groups is 1. The number of hydrogen-bond donors (Lipinski definition) is 3. The van der Waals surface area contributed by atoms with Crippen LogP contribution in [0.3, 0.4) is 0 Å². The fourth-order valence-electron chi connectivity index (χ4n) is 4.80. The molecule has 0 bridgehead atoms. The van der Waals surface area contributed by atoms with Crippen LogP contribution in [0.15, 0.2) is 18.3 Å². The summed E-state index contributed by atoms with van der Waals surface area (Å²) in [5.74, 6) is 0.383. The van der Waals surface area contributed by atoms with E-state index >= 15 is 0 Å². The van der Waals surface area contributed by atoms with Gasteiger partial charge in [-0.05, 0) is 43.2 Å². The summed E-state index contributed by atoms with van der Waals surface area (Å²) < 4.78 is 1.77. The van der Waals surface area contributed by atoms with Gasteiger partial charge in [0.25, 0.3) is 0 Å². The predicted octanol–water partition coefficient (Wildman–Crippen LogP) is 2.73. The molecule has 1 aromatic carbocycles. The molecular weight excluding hydrogens is 411 g/mol. The van der Waals surface area contributed by atoms with Crippen molar-refractivity contribution >= 4 is 29.1 Å². The molecule has 1 amide bonds. The zero-order valence-electron chi connectivity index (χ0n) is 16.0. The second-order valence-corrected chi connectivity index (χ2v) is 8.51. The van der Waals surface area contributed by atoms with Crippen molar-refractivity contribution in [3.8, 4) is 17.3 Å². The second-order valence-electron chi connectivity index (χ2n) is 7.72.